The van der Waals surface area contributed by atoms with Crippen LogP contribution in [0.5, 0.6) is 11.5 Å². The van der Waals surface area contributed by atoms with Gasteiger partial charge < -0.3 is 28.4 Å². The minimum absolute atomic E-state index is 0.0847. The molecule has 9 heteroatoms. The van der Waals surface area contributed by atoms with E-state index in [0.29, 0.717) is 24.7 Å². The van der Waals surface area contributed by atoms with E-state index >= 15 is 0 Å². The fourth-order valence-corrected chi connectivity index (χ4v) is 10.2. The Kier molecular flexibility index (Phi) is 38.7. The zero-order valence-corrected chi connectivity index (χ0v) is 46.9. The second kappa shape index (κ2) is 44.5. The third-order valence-electron chi connectivity index (χ3n) is 13.5. The minimum atomic E-state index is -0.643. The zero-order valence-electron chi connectivity index (χ0n) is 46.0. The van der Waals surface area contributed by atoms with Crippen molar-refractivity contribution in [3.63, 3.8) is 0 Å². The maximum atomic E-state index is 12.5. The van der Waals surface area contributed by atoms with Gasteiger partial charge >= 0.3 is 11.9 Å². The molecule has 0 saturated heterocycles. The van der Waals surface area contributed by atoms with E-state index in [9.17, 15) is 9.59 Å². The van der Waals surface area contributed by atoms with Crippen LogP contribution in [0.4, 0.5) is 0 Å². The predicted octanol–water partition coefficient (Wildman–Crippen LogP) is 18.5. The van der Waals surface area contributed by atoms with Gasteiger partial charge in [0, 0.05) is 41.0 Å². The number of unbranched alkanes of at least 4 members (excludes halogenated alkanes) is 30. The number of hydrogen-bond donors (Lipinski definition) is 0. The number of rotatable bonds is 50. The van der Waals surface area contributed by atoms with Crippen molar-refractivity contribution in [2.75, 3.05) is 39.6 Å². The first-order valence-corrected chi connectivity index (χ1v) is 30.2. The van der Waals surface area contributed by atoms with Gasteiger partial charge in [0.15, 0.2) is 12.2 Å². The molecule has 410 valence electrons. The Morgan fingerprint density at radius 1 is 0.452 bits per heavy atom. The maximum absolute atomic E-state index is 12.5. The van der Waals surface area contributed by atoms with Gasteiger partial charge in [0.1, 0.15) is 24.7 Å². The highest BCUT2D eigenvalue weighted by molar-refractivity contribution is 7.99. The lowest BCUT2D eigenvalue weighted by molar-refractivity contribution is -0.148. The summed E-state index contributed by atoms with van der Waals surface area (Å²) in [6.07, 6.45) is 43.2. The summed E-state index contributed by atoms with van der Waals surface area (Å²) in [5, 5.41) is 1.66. The molecule has 0 saturated carbocycles. The van der Waals surface area contributed by atoms with Crippen molar-refractivity contribution in [2.45, 2.75) is 241 Å². The topological polar surface area (TPSA) is 89.5 Å². The van der Waals surface area contributed by atoms with Crippen molar-refractivity contribution >= 4 is 34.5 Å². The number of fused-ring (bicyclic) bond motifs is 1. The number of carbonyl (C=O) groups is 2. The van der Waals surface area contributed by atoms with Crippen LogP contribution in [0.15, 0.2) is 95.8 Å². The zero-order chi connectivity index (χ0) is 52.1. The highest BCUT2D eigenvalue weighted by Crippen LogP contribution is 2.44. The van der Waals surface area contributed by atoms with E-state index in [4.69, 9.17) is 28.4 Å². The van der Waals surface area contributed by atoms with Crippen molar-refractivity contribution < 1.29 is 38.0 Å². The predicted molar refractivity (Wildman–Crippen MR) is 306 cm³/mol. The summed E-state index contributed by atoms with van der Waals surface area (Å²) in [6.45, 7) is 13.6. The van der Waals surface area contributed by atoms with Gasteiger partial charge in [-0.25, -0.2) is 9.59 Å². The molecule has 3 aromatic carbocycles. The number of ether oxygens (including phenoxy) is 6. The van der Waals surface area contributed by atoms with Crippen LogP contribution in [0.1, 0.15) is 219 Å². The molecule has 3 rings (SSSR count). The van der Waals surface area contributed by atoms with Gasteiger partial charge in [0.25, 0.3) is 0 Å². The Hall–Kier alpha value is -3.79. The Morgan fingerprint density at radius 2 is 0.808 bits per heavy atom. The van der Waals surface area contributed by atoms with E-state index < -0.39 is 24.1 Å². The lowest BCUT2D eigenvalue weighted by Crippen LogP contribution is -2.30. The van der Waals surface area contributed by atoms with Gasteiger partial charge in [-0.3, -0.25) is 0 Å². The average Bonchev–Trinajstić information content (AvgIpc) is 3.41. The molecule has 73 heavy (non-hydrogen) atoms. The number of benzene rings is 3. The van der Waals surface area contributed by atoms with Crippen LogP contribution in [-0.4, -0.2) is 63.8 Å². The fraction of sp³-hybridized carbons (Fsp3) is 0.656. The number of hydrogen-bond acceptors (Lipinski definition) is 9. The average molecular weight is 1030 g/mol. The quantitative estimate of drug-likeness (QED) is 0.0312. The molecule has 0 radical (unpaired) electrons. The van der Waals surface area contributed by atoms with Gasteiger partial charge in [-0.05, 0) is 31.0 Å². The van der Waals surface area contributed by atoms with Crippen LogP contribution in [0.3, 0.4) is 0 Å². The smallest absolute Gasteiger partial charge is 0.330 e. The van der Waals surface area contributed by atoms with Gasteiger partial charge in [-0.2, -0.15) is 0 Å². The molecule has 0 heterocycles. The van der Waals surface area contributed by atoms with Crippen LogP contribution in [0.25, 0.3) is 10.8 Å². The summed E-state index contributed by atoms with van der Waals surface area (Å²) in [7, 11) is 0. The third-order valence-corrected chi connectivity index (χ3v) is 14.6. The minimum Gasteiger partial charge on any atom is -0.489 e. The van der Waals surface area contributed by atoms with E-state index in [-0.39, 0.29) is 26.4 Å². The summed E-state index contributed by atoms with van der Waals surface area (Å²) >= 11 is 1.55. The van der Waals surface area contributed by atoms with E-state index in [1.54, 1.807) is 11.8 Å². The lowest BCUT2D eigenvalue weighted by Gasteiger charge is -2.22. The SMILES string of the molecule is C=CC(=O)OC(COCCCCCCCCCCCCCCCCCC)COc1cc(Sc2ccccc2)c(OCC(COCCCCCCCCCCCCCCCCCC)OC(=O)C=C)c2ccccc12. The van der Waals surface area contributed by atoms with E-state index in [0.717, 1.165) is 46.2 Å². The van der Waals surface area contributed by atoms with Crippen LogP contribution in [-0.2, 0) is 28.5 Å². The Balaban J connectivity index is 1.49. The van der Waals surface area contributed by atoms with E-state index in [1.807, 2.05) is 60.7 Å². The molecular formula is C64H100O8S. The molecule has 2 unspecified atom stereocenters. The second-order valence-corrected chi connectivity index (χ2v) is 21.2. The molecule has 0 spiro atoms. The summed E-state index contributed by atoms with van der Waals surface area (Å²) in [4.78, 5) is 26.8. The maximum Gasteiger partial charge on any atom is 0.330 e. The molecule has 0 aliphatic heterocycles. The molecule has 2 atom stereocenters. The largest absolute Gasteiger partial charge is 0.489 e. The van der Waals surface area contributed by atoms with Gasteiger partial charge in [-0.15, -0.1) is 0 Å². The summed E-state index contributed by atoms with van der Waals surface area (Å²) in [5.41, 5.74) is 0. The monoisotopic (exact) mass is 1030 g/mol. The normalized spacial score (nSPS) is 12.1. The number of esters is 2. The van der Waals surface area contributed by atoms with Crippen molar-refractivity contribution in [3.05, 3.63) is 86.0 Å². The fourth-order valence-electron chi connectivity index (χ4n) is 9.20. The molecular weight excluding hydrogens is 929 g/mol. The summed E-state index contributed by atoms with van der Waals surface area (Å²) < 4.78 is 36.8. The van der Waals surface area contributed by atoms with Crippen molar-refractivity contribution in [1.29, 1.82) is 0 Å². The first-order valence-electron chi connectivity index (χ1n) is 29.3. The molecule has 0 aliphatic carbocycles. The Labute approximate surface area is 448 Å². The van der Waals surface area contributed by atoms with Gasteiger partial charge in [0.2, 0.25) is 0 Å². The molecule has 0 aliphatic rings. The second-order valence-electron chi connectivity index (χ2n) is 20.1. The highest BCUT2D eigenvalue weighted by atomic mass is 32.2. The van der Waals surface area contributed by atoms with Crippen molar-refractivity contribution in [3.8, 4) is 11.5 Å². The summed E-state index contributed by atoms with van der Waals surface area (Å²) in [5.74, 6) is 0.226. The van der Waals surface area contributed by atoms with Crippen molar-refractivity contribution in [2.24, 2.45) is 0 Å². The first kappa shape index (κ1) is 63.5. The standard InChI is InChI=1S/C64H100O8S/c1-5-9-11-13-15-17-19-21-23-25-27-29-31-33-35-42-48-67-51-55(71-62(65)7-3)53-69-60-50-61(73-57-44-38-37-39-45-57)64(59-47-41-40-46-58(59)60)70-54-56(72-63(66)8-4)52-68-49-43-36-34-32-30-28-26-24-22-20-18-16-14-12-10-6-2/h7-8,37-41,44-47,50,55-56H,3-6,9-36,42-43,48-49,51-54H2,1-2H3. The Bertz CT molecular complexity index is 1830. The molecule has 0 amide bonds. The van der Waals surface area contributed by atoms with E-state index in [2.05, 4.69) is 27.0 Å². The van der Waals surface area contributed by atoms with Crippen molar-refractivity contribution in [1.82, 2.24) is 0 Å². The molecule has 8 nitrogen and oxygen atoms in total. The molecule has 3 aromatic rings. The lowest BCUT2D eigenvalue weighted by atomic mass is 10.0. The molecule has 0 bridgehead atoms. The molecule has 0 aromatic heterocycles. The molecule has 0 N–H and O–H groups in total. The number of carbonyl (C=O) groups excluding carboxylic acids is 2. The third kappa shape index (κ3) is 31.6. The van der Waals surface area contributed by atoms with Gasteiger partial charge in [0.05, 0.1) is 18.1 Å². The Morgan fingerprint density at radius 3 is 1.21 bits per heavy atom. The van der Waals surface area contributed by atoms with Crippen LogP contribution < -0.4 is 9.47 Å². The van der Waals surface area contributed by atoms with Crippen LogP contribution in [0.2, 0.25) is 0 Å². The van der Waals surface area contributed by atoms with Crippen LogP contribution in [0, 0.1) is 0 Å². The van der Waals surface area contributed by atoms with Gasteiger partial charge in [-0.1, -0.05) is 274 Å². The van der Waals surface area contributed by atoms with Crippen LogP contribution >= 0.6 is 11.8 Å². The first-order chi connectivity index (χ1) is 36.0. The summed E-state index contributed by atoms with van der Waals surface area (Å²) in [6, 6.07) is 20.0. The molecule has 0 fully saturated rings. The highest BCUT2D eigenvalue weighted by Gasteiger charge is 2.22. The van der Waals surface area contributed by atoms with E-state index in [1.165, 1.54) is 192 Å².